The van der Waals surface area contributed by atoms with Gasteiger partial charge in [0.05, 0.1) is 22.7 Å². The number of carbonyl (C=O) groups excluding carboxylic acids is 2. The van der Waals surface area contributed by atoms with Crippen molar-refractivity contribution in [3.05, 3.63) is 88.4 Å². The molecule has 0 saturated carbocycles. The summed E-state index contributed by atoms with van der Waals surface area (Å²) in [5, 5.41) is 3.22. The van der Waals surface area contributed by atoms with Gasteiger partial charge in [0.1, 0.15) is 18.3 Å². The molecule has 3 aromatic rings. The molecular weight excluding hydrogens is 573 g/mol. The molecule has 1 N–H and O–H groups in total. The summed E-state index contributed by atoms with van der Waals surface area (Å²) in [6, 6.07) is 18.2. The second-order valence-corrected chi connectivity index (χ2v) is 12.1. The van der Waals surface area contributed by atoms with Crippen molar-refractivity contribution in [3.63, 3.8) is 0 Å². The summed E-state index contributed by atoms with van der Waals surface area (Å²) in [6.07, 6.45) is 0.309. The highest BCUT2D eigenvalue weighted by Crippen LogP contribution is 2.33. The molecule has 0 aliphatic heterocycles. The zero-order valence-corrected chi connectivity index (χ0v) is 25.1. The summed E-state index contributed by atoms with van der Waals surface area (Å²) in [7, 11) is -2.70. The molecule has 3 rings (SSSR count). The molecule has 40 heavy (non-hydrogen) atoms. The van der Waals surface area contributed by atoms with E-state index in [1.54, 1.807) is 56.5 Å². The number of ether oxygens (including phenoxy) is 1. The van der Waals surface area contributed by atoms with Crippen LogP contribution in [0.4, 0.5) is 5.69 Å². The lowest BCUT2D eigenvalue weighted by molar-refractivity contribution is -0.140. The molecule has 0 spiro atoms. The third kappa shape index (κ3) is 7.68. The fourth-order valence-electron chi connectivity index (χ4n) is 4.14. The van der Waals surface area contributed by atoms with Crippen LogP contribution in [0.2, 0.25) is 10.0 Å². The second-order valence-electron chi connectivity index (χ2n) is 9.38. The maximum absolute atomic E-state index is 14.1. The van der Waals surface area contributed by atoms with Crippen LogP contribution in [0, 0.1) is 0 Å². The molecule has 0 radical (unpaired) electrons. The Morgan fingerprint density at radius 3 is 2.20 bits per heavy atom. The van der Waals surface area contributed by atoms with Crippen LogP contribution in [-0.2, 0) is 26.2 Å². The SMILES string of the molecule is CC[C@@H](C(=O)NC(C)C)N(Cc1ccc(OC)cc1)C(=O)CN(c1cc(Cl)ccc1Cl)S(=O)(=O)c1ccccc1. The third-order valence-corrected chi connectivity index (χ3v) is 8.44. The van der Waals surface area contributed by atoms with E-state index in [4.69, 9.17) is 27.9 Å². The van der Waals surface area contributed by atoms with Crippen molar-refractivity contribution in [2.24, 2.45) is 0 Å². The van der Waals surface area contributed by atoms with Gasteiger partial charge in [0, 0.05) is 17.6 Å². The zero-order chi connectivity index (χ0) is 29.4. The van der Waals surface area contributed by atoms with Gasteiger partial charge in [-0.15, -0.1) is 0 Å². The van der Waals surface area contributed by atoms with Crippen LogP contribution in [0.3, 0.4) is 0 Å². The minimum atomic E-state index is -4.25. The Morgan fingerprint density at radius 2 is 1.62 bits per heavy atom. The lowest BCUT2D eigenvalue weighted by Gasteiger charge is -2.33. The number of anilines is 1. The number of hydrogen-bond donors (Lipinski definition) is 1. The standard InChI is InChI=1S/C29H33Cl2N3O5S/c1-5-26(29(36)32-20(2)3)33(18-21-11-14-23(39-4)15-12-21)28(35)19-34(27-17-22(30)13-16-25(27)31)40(37,38)24-9-7-6-8-10-24/h6-17,20,26H,5,18-19H2,1-4H3,(H,32,36)/t26-/m0/s1. The van der Waals surface area contributed by atoms with Crippen LogP contribution in [-0.4, -0.2) is 50.9 Å². The Morgan fingerprint density at radius 1 is 0.975 bits per heavy atom. The minimum Gasteiger partial charge on any atom is -0.497 e. The van der Waals surface area contributed by atoms with Gasteiger partial charge in [0.2, 0.25) is 11.8 Å². The number of methoxy groups -OCH3 is 1. The lowest BCUT2D eigenvalue weighted by atomic mass is 10.1. The Kier molecular flexibility index (Phi) is 10.8. The van der Waals surface area contributed by atoms with Gasteiger partial charge in [-0.25, -0.2) is 8.42 Å². The van der Waals surface area contributed by atoms with E-state index in [1.165, 1.54) is 35.2 Å². The van der Waals surface area contributed by atoms with Crippen molar-refractivity contribution in [2.45, 2.75) is 50.7 Å². The van der Waals surface area contributed by atoms with Gasteiger partial charge in [-0.1, -0.05) is 60.5 Å². The Bertz CT molecular complexity index is 1420. The molecule has 0 bridgehead atoms. The van der Waals surface area contributed by atoms with Gasteiger partial charge in [-0.05, 0) is 68.3 Å². The third-order valence-electron chi connectivity index (χ3n) is 6.12. The monoisotopic (exact) mass is 605 g/mol. The predicted molar refractivity (Wildman–Crippen MR) is 158 cm³/mol. The summed E-state index contributed by atoms with van der Waals surface area (Å²) in [4.78, 5) is 28.6. The topological polar surface area (TPSA) is 96.0 Å². The molecule has 11 heteroatoms. The van der Waals surface area contributed by atoms with Crippen molar-refractivity contribution in [1.29, 1.82) is 0 Å². The van der Waals surface area contributed by atoms with Crippen LogP contribution in [0.15, 0.2) is 77.7 Å². The Hall–Kier alpha value is -3.27. The number of sulfonamides is 1. The molecule has 0 aliphatic rings. The van der Waals surface area contributed by atoms with E-state index in [1.807, 2.05) is 13.8 Å². The molecule has 0 fully saturated rings. The van der Waals surface area contributed by atoms with Crippen molar-refractivity contribution in [3.8, 4) is 5.75 Å². The molecule has 0 heterocycles. The number of nitrogens with one attached hydrogen (secondary N) is 1. The molecule has 1 atom stereocenters. The number of amides is 2. The summed E-state index contributed by atoms with van der Waals surface area (Å²) in [5.74, 6) is -0.281. The van der Waals surface area contributed by atoms with Crippen LogP contribution in [0.1, 0.15) is 32.8 Å². The van der Waals surface area contributed by atoms with Gasteiger partial charge < -0.3 is 15.0 Å². The summed E-state index contributed by atoms with van der Waals surface area (Å²) >= 11 is 12.7. The van der Waals surface area contributed by atoms with E-state index < -0.39 is 28.5 Å². The van der Waals surface area contributed by atoms with Gasteiger partial charge in [-0.2, -0.15) is 0 Å². The molecule has 8 nitrogen and oxygen atoms in total. The van der Waals surface area contributed by atoms with E-state index in [2.05, 4.69) is 5.32 Å². The van der Waals surface area contributed by atoms with Crippen LogP contribution < -0.4 is 14.4 Å². The molecule has 0 saturated heterocycles. The first-order valence-corrected chi connectivity index (χ1v) is 14.9. The van der Waals surface area contributed by atoms with Crippen molar-refractivity contribution in [2.75, 3.05) is 18.0 Å². The fraction of sp³-hybridized carbons (Fsp3) is 0.310. The van der Waals surface area contributed by atoms with E-state index in [9.17, 15) is 18.0 Å². The van der Waals surface area contributed by atoms with E-state index in [-0.39, 0.29) is 39.1 Å². The van der Waals surface area contributed by atoms with Gasteiger partial charge in [0.25, 0.3) is 10.0 Å². The van der Waals surface area contributed by atoms with Crippen molar-refractivity contribution < 1.29 is 22.7 Å². The number of halogens is 2. The largest absolute Gasteiger partial charge is 0.497 e. The van der Waals surface area contributed by atoms with E-state index in [0.717, 1.165) is 9.87 Å². The molecule has 2 amide bonds. The van der Waals surface area contributed by atoms with E-state index >= 15 is 0 Å². The van der Waals surface area contributed by atoms with Gasteiger partial charge in [-0.3, -0.25) is 13.9 Å². The molecule has 214 valence electrons. The smallest absolute Gasteiger partial charge is 0.264 e. The molecule has 0 aromatic heterocycles. The van der Waals surface area contributed by atoms with Gasteiger partial charge in [0.15, 0.2) is 0 Å². The maximum atomic E-state index is 14.1. The highest BCUT2D eigenvalue weighted by molar-refractivity contribution is 7.92. The number of hydrogen-bond acceptors (Lipinski definition) is 5. The molecule has 0 aliphatic carbocycles. The molecular formula is C29H33Cl2N3O5S. The van der Waals surface area contributed by atoms with Gasteiger partial charge >= 0.3 is 0 Å². The van der Waals surface area contributed by atoms with Crippen molar-refractivity contribution in [1.82, 2.24) is 10.2 Å². The minimum absolute atomic E-state index is 0.0230. The van der Waals surface area contributed by atoms with Crippen molar-refractivity contribution >= 4 is 50.7 Å². The molecule has 3 aromatic carbocycles. The summed E-state index contributed by atoms with van der Waals surface area (Å²) < 4.78 is 33.9. The first-order valence-electron chi connectivity index (χ1n) is 12.7. The normalized spacial score (nSPS) is 12.1. The highest BCUT2D eigenvalue weighted by Gasteiger charge is 2.34. The Labute approximate surface area is 245 Å². The second kappa shape index (κ2) is 13.9. The first kappa shape index (κ1) is 31.3. The van der Waals surface area contributed by atoms with Crippen LogP contribution in [0.5, 0.6) is 5.75 Å². The predicted octanol–water partition coefficient (Wildman–Crippen LogP) is 5.53. The fourth-order valence-corrected chi connectivity index (χ4v) is 6.02. The lowest BCUT2D eigenvalue weighted by Crippen LogP contribution is -2.53. The quantitative estimate of drug-likeness (QED) is 0.293. The number of carbonyl (C=O) groups is 2. The number of rotatable bonds is 12. The Balaban J connectivity index is 2.09. The van der Waals surface area contributed by atoms with Crippen LogP contribution in [0.25, 0.3) is 0 Å². The first-order chi connectivity index (χ1) is 19.0. The van der Waals surface area contributed by atoms with Crippen LogP contribution >= 0.6 is 23.2 Å². The average Bonchev–Trinajstić information content (AvgIpc) is 2.93. The average molecular weight is 607 g/mol. The molecule has 0 unspecified atom stereocenters. The maximum Gasteiger partial charge on any atom is 0.264 e. The summed E-state index contributed by atoms with van der Waals surface area (Å²) in [5.41, 5.74) is 0.790. The summed E-state index contributed by atoms with van der Waals surface area (Å²) in [6.45, 7) is 4.91. The van der Waals surface area contributed by atoms with E-state index in [0.29, 0.717) is 12.2 Å². The number of nitrogens with zero attached hydrogens (tertiary/aromatic N) is 2. The number of benzene rings is 3. The zero-order valence-electron chi connectivity index (χ0n) is 22.8. The highest BCUT2D eigenvalue weighted by atomic mass is 35.5.